The monoisotopic (exact) mass is 308 g/mol. The molecule has 0 saturated heterocycles. The number of hydrogen-bond acceptors (Lipinski definition) is 4. The van der Waals surface area contributed by atoms with Crippen molar-refractivity contribution in [1.82, 2.24) is 10.3 Å². The highest BCUT2D eigenvalue weighted by molar-refractivity contribution is 6.33. The number of rotatable bonds is 6. The maximum atomic E-state index is 12.1. The number of amides is 1. The molecule has 1 amide bonds. The Labute approximate surface area is 128 Å². The van der Waals surface area contributed by atoms with Gasteiger partial charge in [0.05, 0.1) is 11.1 Å². The summed E-state index contributed by atoms with van der Waals surface area (Å²) in [6, 6.07) is 7.09. The molecule has 1 aromatic carbocycles. The van der Waals surface area contributed by atoms with Crippen LogP contribution in [0.3, 0.4) is 0 Å². The standard InChI is InChI=1S/C15H17ClN2O3/c1-2-10(19)7-8-17-15(20)13-14(21-9-18-13)11-5-3-4-6-12(11)16/h3-6,9-10,19H,2,7-8H2,1H3,(H,17,20). The molecule has 0 aliphatic heterocycles. The van der Waals surface area contributed by atoms with Gasteiger partial charge in [-0.05, 0) is 25.0 Å². The van der Waals surface area contributed by atoms with E-state index in [2.05, 4.69) is 10.3 Å². The zero-order chi connectivity index (χ0) is 15.2. The fourth-order valence-corrected chi connectivity index (χ4v) is 2.11. The molecule has 2 aromatic rings. The van der Waals surface area contributed by atoms with E-state index >= 15 is 0 Å². The summed E-state index contributed by atoms with van der Waals surface area (Å²) in [5.74, 6) is -0.00360. The molecule has 0 bridgehead atoms. The van der Waals surface area contributed by atoms with Gasteiger partial charge in [-0.15, -0.1) is 0 Å². The first-order valence-electron chi connectivity index (χ1n) is 6.78. The number of aliphatic hydroxyl groups is 1. The second-order valence-electron chi connectivity index (χ2n) is 4.62. The van der Waals surface area contributed by atoms with Crippen molar-refractivity contribution in [2.75, 3.05) is 6.54 Å². The van der Waals surface area contributed by atoms with Crippen LogP contribution in [-0.2, 0) is 0 Å². The van der Waals surface area contributed by atoms with Gasteiger partial charge in [-0.1, -0.05) is 30.7 Å². The Morgan fingerprint density at radius 1 is 1.48 bits per heavy atom. The summed E-state index contributed by atoms with van der Waals surface area (Å²) < 4.78 is 5.30. The van der Waals surface area contributed by atoms with Gasteiger partial charge in [-0.3, -0.25) is 4.79 Å². The van der Waals surface area contributed by atoms with E-state index in [-0.39, 0.29) is 11.6 Å². The van der Waals surface area contributed by atoms with Crippen molar-refractivity contribution in [3.05, 3.63) is 41.4 Å². The molecule has 0 radical (unpaired) electrons. The summed E-state index contributed by atoms with van der Waals surface area (Å²) in [4.78, 5) is 16.1. The van der Waals surface area contributed by atoms with Gasteiger partial charge < -0.3 is 14.8 Å². The van der Waals surface area contributed by atoms with E-state index in [4.69, 9.17) is 16.0 Å². The third kappa shape index (κ3) is 3.83. The third-order valence-electron chi connectivity index (χ3n) is 3.14. The van der Waals surface area contributed by atoms with E-state index in [1.54, 1.807) is 18.2 Å². The number of aliphatic hydroxyl groups excluding tert-OH is 1. The Bertz CT molecular complexity index is 612. The lowest BCUT2D eigenvalue weighted by Gasteiger charge is -2.08. The molecule has 2 N–H and O–H groups in total. The average Bonchev–Trinajstić information content (AvgIpc) is 2.96. The zero-order valence-corrected chi connectivity index (χ0v) is 12.4. The van der Waals surface area contributed by atoms with Crippen LogP contribution in [0.4, 0.5) is 0 Å². The minimum Gasteiger partial charge on any atom is -0.443 e. The molecule has 1 atom stereocenters. The van der Waals surface area contributed by atoms with E-state index < -0.39 is 6.10 Å². The molecule has 0 aliphatic rings. The molecule has 21 heavy (non-hydrogen) atoms. The molecule has 0 aliphatic carbocycles. The zero-order valence-electron chi connectivity index (χ0n) is 11.7. The second-order valence-corrected chi connectivity index (χ2v) is 5.02. The largest absolute Gasteiger partial charge is 0.443 e. The Kier molecular flexibility index (Phi) is 5.36. The normalized spacial score (nSPS) is 12.1. The summed E-state index contributed by atoms with van der Waals surface area (Å²) in [5.41, 5.74) is 0.810. The van der Waals surface area contributed by atoms with Crippen LogP contribution in [0.2, 0.25) is 5.02 Å². The topological polar surface area (TPSA) is 75.4 Å². The van der Waals surface area contributed by atoms with Crippen LogP contribution in [0.5, 0.6) is 0 Å². The number of hydrogen-bond donors (Lipinski definition) is 2. The Morgan fingerprint density at radius 3 is 2.95 bits per heavy atom. The molecule has 5 nitrogen and oxygen atoms in total. The number of aromatic nitrogens is 1. The fourth-order valence-electron chi connectivity index (χ4n) is 1.88. The van der Waals surface area contributed by atoms with Crippen LogP contribution < -0.4 is 5.32 Å². The Morgan fingerprint density at radius 2 is 2.24 bits per heavy atom. The first-order chi connectivity index (χ1) is 10.1. The summed E-state index contributed by atoms with van der Waals surface area (Å²) in [6.07, 6.45) is 1.96. The Hall–Kier alpha value is -1.85. The average molecular weight is 309 g/mol. The number of carbonyl (C=O) groups is 1. The van der Waals surface area contributed by atoms with E-state index in [0.717, 1.165) is 0 Å². The van der Waals surface area contributed by atoms with Crippen molar-refractivity contribution in [3.8, 4) is 11.3 Å². The summed E-state index contributed by atoms with van der Waals surface area (Å²) in [5, 5.41) is 12.7. The number of benzene rings is 1. The van der Waals surface area contributed by atoms with Gasteiger partial charge in [0.1, 0.15) is 0 Å². The van der Waals surface area contributed by atoms with Crippen molar-refractivity contribution in [2.45, 2.75) is 25.9 Å². The second kappa shape index (κ2) is 7.24. The van der Waals surface area contributed by atoms with Crippen LogP contribution in [0, 0.1) is 0 Å². The van der Waals surface area contributed by atoms with Crippen LogP contribution in [0.15, 0.2) is 35.1 Å². The molecule has 6 heteroatoms. The van der Waals surface area contributed by atoms with Gasteiger partial charge in [-0.2, -0.15) is 0 Å². The number of nitrogens with zero attached hydrogens (tertiary/aromatic N) is 1. The van der Waals surface area contributed by atoms with Crippen molar-refractivity contribution in [2.24, 2.45) is 0 Å². The number of nitrogens with one attached hydrogen (secondary N) is 1. The maximum Gasteiger partial charge on any atom is 0.273 e. The summed E-state index contributed by atoms with van der Waals surface area (Å²) >= 11 is 6.10. The summed E-state index contributed by atoms with van der Waals surface area (Å²) in [6.45, 7) is 2.27. The quantitative estimate of drug-likeness (QED) is 0.860. The highest BCUT2D eigenvalue weighted by Gasteiger charge is 2.19. The van der Waals surface area contributed by atoms with E-state index in [1.165, 1.54) is 6.39 Å². The van der Waals surface area contributed by atoms with E-state index in [1.807, 2.05) is 13.0 Å². The molecule has 2 rings (SSSR count). The molecule has 1 unspecified atom stereocenters. The third-order valence-corrected chi connectivity index (χ3v) is 3.46. The number of oxazole rings is 1. The van der Waals surface area contributed by atoms with Crippen molar-refractivity contribution >= 4 is 17.5 Å². The van der Waals surface area contributed by atoms with Gasteiger partial charge in [0.25, 0.3) is 5.91 Å². The van der Waals surface area contributed by atoms with Crippen LogP contribution in [-0.4, -0.2) is 28.6 Å². The van der Waals surface area contributed by atoms with Gasteiger partial charge in [0.2, 0.25) is 0 Å². The number of halogens is 1. The Balaban J connectivity index is 2.10. The van der Waals surface area contributed by atoms with Crippen molar-refractivity contribution < 1.29 is 14.3 Å². The molecule has 0 saturated carbocycles. The van der Waals surface area contributed by atoms with Gasteiger partial charge in [-0.25, -0.2) is 4.98 Å². The van der Waals surface area contributed by atoms with Crippen LogP contribution in [0.1, 0.15) is 30.3 Å². The smallest absolute Gasteiger partial charge is 0.273 e. The number of carbonyl (C=O) groups excluding carboxylic acids is 1. The van der Waals surface area contributed by atoms with E-state index in [0.29, 0.717) is 35.7 Å². The molecule has 0 fully saturated rings. The SMILES string of the molecule is CCC(O)CCNC(=O)c1ncoc1-c1ccccc1Cl. The minimum atomic E-state index is -0.411. The van der Waals surface area contributed by atoms with Gasteiger partial charge in [0.15, 0.2) is 17.8 Å². The van der Waals surface area contributed by atoms with Crippen molar-refractivity contribution in [3.63, 3.8) is 0 Å². The molecular formula is C15H17ClN2O3. The summed E-state index contributed by atoms with van der Waals surface area (Å²) in [7, 11) is 0. The highest BCUT2D eigenvalue weighted by atomic mass is 35.5. The van der Waals surface area contributed by atoms with E-state index in [9.17, 15) is 9.90 Å². The molecule has 1 aromatic heterocycles. The maximum absolute atomic E-state index is 12.1. The van der Waals surface area contributed by atoms with Gasteiger partial charge >= 0.3 is 0 Å². The molecule has 112 valence electrons. The first kappa shape index (κ1) is 15.5. The van der Waals surface area contributed by atoms with Crippen molar-refractivity contribution in [1.29, 1.82) is 0 Å². The van der Waals surface area contributed by atoms with Gasteiger partial charge in [0, 0.05) is 12.1 Å². The first-order valence-corrected chi connectivity index (χ1v) is 7.16. The minimum absolute atomic E-state index is 0.189. The fraction of sp³-hybridized carbons (Fsp3) is 0.333. The molecule has 0 spiro atoms. The molecule has 1 heterocycles. The predicted octanol–water partition coefficient (Wildman–Crippen LogP) is 2.89. The predicted molar refractivity (Wildman–Crippen MR) is 80.2 cm³/mol. The lowest BCUT2D eigenvalue weighted by atomic mass is 10.1. The van der Waals surface area contributed by atoms with Crippen LogP contribution in [0.25, 0.3) is 11.3 Å². The lowest BCUT2D eigenvalue weighted by molar-refractivity contribution is 0.0938. The highest BCUT2D eigenvalue weighted by Crippen LogP contribution is 2.29. The van der Waals surface area contributed by atoms with Crippen LogP contribution >= 0.6 is 11.6 Å². The lowest BCUT2D eigenvalue weighted by Crippen LogP contribution is -2.27. The molecular weight excluding hydrogens is 292 g/mol.